The fraction of sp³-hybridized carbons (Fsp3) is 0.167. The number of hydrogen-bond acceptors (Lipinski definition) is 5. The Morgan fingerprint density at radius 1 is 0.935 bits per heavy atom. The number of carbonyl (C=O) groups excluding carboxylic acids is 2. The third kappa shape index (κ3) is 5.38. The normalized spacial score (nSPS) is 12.5. The van der Waals surface area contributed by atoms with Gasteiger partial charge in [0.05, 0.1) is 27.5 Å². The lowest BCUT2D eigenvalue weighted by molar-refractivity contribution is 0.0732. The monoisotopic (exact) mass is 437 g/mol. The molecule has 160 valence electrons. The Morgan fingerprint density at radius 3 is 2.26 bits per heavy atom. The number of carbonyl (C=O) groups is 2. The Labute approximate surface area is 182 Å². The lowest BCUT2D eigenvalue weighted by Gasteiger charge is -2.11. The summed E-state index contributed by atoms with van der Waals surface area (Å²) in [6.07, 6.45) is 1.41. The van der Waals surface area contributed by atoms with Crippen LogP contribution in [0, 0.1) is 6.92 Å². The SMILES string of the molecule is CCOc1ccc(C(=O)Oc2cccc(C)c2C(=O)N=S(C)(=O)c2ccccc2)cc1. The van der Waals surface area contributed by atoms with Gasteiger partial charge in [0.2, 0.25) is 0 Å². The molecule has 6 nitrogen and oxygen atoms in total. The number of rotatable bonds is 6. The fourth-order valence-electron chi connectivity index (χ4n) is 2.94. The van der Waals surface area contributed by atoms with E-state index in [2.05, 4.69) is 4.36 Å². The number of aryl methyl sites for hydroxylation is 1. The van der Waals surface area contributed by atoms with Crippen molar-refractivity contribution in [3.63, 3.8) is 0 Å². The molecule has 0 bridgehead atoms. The van der Waals surface area contributed by atoms with Gasteiger partial charge in [-0.15, -0.1) is 0 Å². The highest BCUT2D eigenvalue weighted by Crippen LogP contribution is 2.26. The number of benzene rings is 3. The highest BCUT2D eigenvalue weighted by atomic mass is 32.2. The predicted molar refractivity (Wildman–Crippen MR) is 119 cm³/mol. The van der Waals surface area contributed by atoms with Gasteiger partial charge in [-0.3, -0.25) is 4.79 Å². The number of esters is 1. The highest BCUT2D eigenvalue weighted by molar-refractivity contribution is 7.93. The summed E-state index contributed by atoms with van der Waals surface area (Å²) in [5.74, 6) is -0.620. The minimum Gasteiger partial charge on any atom is -0.494 e. The Kier molecular flexibility index (Phi) is 6.87. The van der Waals surface area contributed by atoms with E-state index in [1.807, 2.05) is 6.92 Å². The van der Waals surface area contributed by atoms with Gasteiger partial charge in [0.15, 0.2) is 0 Å². The minimum absolute atomic E-state index is 0.0656. The molecule has 0 heterocycles. The third-order valence-electron chi connectivity index (χ3n) is 4.49. The average molecular weight is 438 g/mol. The highest BCUT2D eigenvalue weighted by Gasteiger charge is 2.20. The number of nitrogens with zero attached hydrogens (tertiary/aromatic N) is 1. The molecule has 0 aromatic heterocycles. The Balaban J connectivity index is 1.91. The second-order valence-corrected chi connectivity index (χ2v) is 9.07. The molecule has 31 heavy (non-hydrogen) atoms. The zero-order chi connectivity index (χ0) is 22.4. The van der Waals surface area contributed by atoms with Crippen LogP contribution in [-0.2, 0) is 9.73 Å². The molecule has 7 heteroatoms. The summed E-state index contributed by atoms with van der Waals surface area (Å²) in [5, 5.41) is 0. The summed E-state index contributed by atoms with van der Waals surface area (Å²) in [7, 11) is -2.96. The number of ether oxygens (including phenoxy) is 2. The van der Waals surface area contributed by atoms with Gasteiger partial charge in [0, 0.05) is 11.2 Å². The van der Waals surface area contributed by atoms with E-state index in [9.17, 15) is 13.8 Å². The maximum absolute atomic E-state index is 13.0. The first-order valence-electron chi connectivity index (χ1n) is 9.68. The molecular formula is C24H23NO5S. The van der Waals surface area contributed by atoms with E-state index in [1.54, 1.807) is 73.7 Å². The van der Waals surface area contributed by atoms with Crippen molar-refractivity contribution in [1.82, 2.24) is 0 Å². The number of amides is 1. The third-order valence-corrected chi connectivity index (χ3v) is 6.15. The minimum atomic E-state index is -2.96. The number of hydrogen-bond donors (Lipinski definition) is 0. The quantitative estimate of drug-likeness (QED) is 0.404. The molecule has 0 saturated carbocycles. The van der Waals surface area contributed by atoms with Crippen molar-refractivity contribution in [2.75, 3.05) is 12.9 Å². The van der Waals surface area contributed by atoms with E-state index in [4.69, 9.17) is 9.47 Å². The van der Waals surface area contributed by atoms with E-state index < -0.39 is 21.6 Å². The molecule has 0 aliphatic rings. The molecule has 1 atom stereocenters. The first-order chi connectivity index (χ1) is 14.8. The predicted octanol–water partition coefficient (Wildman–Crippen LogP) is 4.91. The van der Waals surface area contributed by atoms with Gasteiger partial charge in [-0.25, -0.2) is 9.00 Å². The van der Waals surface area contributed by atoms with Gasteiger partial charge in [0.1, 0.15) is 11.5 Å². The summed E-state index contributed by atoms with van der Waals surface area (Å²) < 4.78 is 27.9. The van der Waals surface area contributed by atoms with Crippen LogP contribution >= 0.6 is 0 Å². The van der Waals surface area contributed by atoms with E-state index in [1.165, 1.54) is 12.3 Å². The molecule has 0 spiro atoms. The van der Waals surface area contributed by atoms with Crippen molar-refractivity contribution < 1.29 is 23.3 Å². The van der Waals surface area contributed by atoms with Crippen molar-refractivity contribution in [3.8, 4) is 11.5 Å². The van der Waals surface area contributed by atoms with E-state index >= 15 is 0 Å². The van der Waals surface area contributed by atoms with E-state index in [-0.39, 0.29) is 11.3 Å². The smallest absolute Gasteiger partial charge is 0.343 e. The summed E-state index contributed by atoms with van der Waals surface area (Å²) in [6.45, 7) is 4.10. The molecule has 1 unspecified atom stereocenters. The second-order valence-electron chi connectivity index (χ2n) is 6.81. The Bertz CT molecular complexity index is 1210. The van der Waals surface area contributed by atoms with E-state index in [0.717, 1.165) is 0 Å². The molecule has 0 radical (unpaired) electrons. The summed E-state index contributed by atoms with van der Waals surface area (Å²) in [5.41, 5.74) is 0.977. The summed E-state index contributed by atoms with van der Waals surface area (Å²) >= 11 is 0. The van der Waals surface area contributed by atoms with Gasteiger partial charge >= 0.3 is 5.97 Å². The maximum Gasteiger partial charge on any atom is 0.343 e. The van der Waals surface area contributed by atoms with Gasteiger partial charge in [-0.2, -0.15) is 4.36 Å². The topological polar surface area (TPSA) is 82.0 Å². The van der Waals surface area contributed by atoms with Crippen LogP contribution in [0.2, 0.25) is 0 Å². The van der Waals surface area contributed by atoms with Crippen molar-refractivity contribution in [2.45, 2.75) is 18.7 Å². The van der Waals surface area contributed by atoms with Crippen molar-refractivity contribution >= 4 is 21.6 Å². The standard InChI is InChI=1S/C24H23NO5S/c1-4-29-19-15-13-18(14-16-19)24(27)30-21-12-8-9-17(2)22(21)23(26)25-31(3,28)20-10-6-5-7-11-20/h5-16H,4H2,1-3H3. The van der Waals surface area contributed by atoms with Crippen molar-refractivity contribution in [1.29, 1.82) is 0 Å². The van der Waals surface area contributed by atoms with Crippen LogP contribution in [0.4, 0.5) is 0 Å². The Hall–Kier alpha value is -3.45. The van der Waals surface area contributed by atoms with Gasteiger partial charge in [-0.05, 0) is 61.9 Å². The first-order valence-corrected chi connectivity index (χ1v) is 11.6. The van der Waals surface area contributed by atoms with Crippen LogP contribution in [0.1, 0.15) is 33.2 Å². The van der Waals surface area contributed by atoms with Crippen molar-refractivity contribution in [2.24, 2.45) is 4.36 Å². The lowest BCUT2D eigenvalue weighted by Crippen LogP contribution is -2.13. The van der Waals surface area contributed by atoms with Crippen LogP contribution in [-0.4, -0.2) is 28.9 Å². The Morgan fingerprint density at radius 2 is 1.61 bits per heavy atom. The zero-order valence-electron chi connectivity index (χ0n) is 17.5. The molecule has 0 fully saturated rings. The molecule has 1 amide bonds. The lowest BCUT2D eigenvalue weighted by atomic mass is 10.1. The average Bonchev–Trinajstić information content (AvgIpc) is 2.75. The maximum atomic E-state index is 13.0. The molecular weight excluding hydrogens is 414 g/mol. The van der Waals surface area contributed by atoms with Gasteiger partial charge in [0.25, 0.3) is 5.91 Å². The van der Waals surface area contributed by atoms with Gasteiger partial charge < -0.3 is 9.47 Å². The van der Waals surface area contributed by atoms with Crippen LogP contribution < -0.4 is 9.47 Å². The molecule has 0 aliphatic heterocycles. The molecule has 0 aliphatic carbocycles. The van der Waals surface area contributed by atoms with Crippen molar-refractivity contribution in [3.05, 3.63) is 89.5 Å². The largest absolute Gasteiger partial charge is 0.494 e. The summed E-state index contributed by atoms with van der Waals surface area (Å²) in [6, 6.07) is 20.0. The van der Waals surface area contributed by atoms with Crippen LogP contribution in [0.5, 0.6) is 11.5 Å². The second kappa shape index (κ2) is 9.57. The fourth-order valence-corrected chi connectivity index (χ4v) is 4.12. The van der Waals surface area contributed by atoms with Gasteiger partial charge in [-0.1, -0.05) is 30.3 Å². The molecule has 0 N–H and O–H groups in total. The molecule has 3 aromatic rings. The van der Waals surface area contributed by atoms with Crippen LogP contribution in [0.3, 0.4) is 0 Å². The van der Waals surface area contributed by atoms with E-state index in [0.29, 0.717) is 28.4 Å². The zero-order valence-corrected chi connectivity index (χ0v) is 18.3. The molecule has 0 saturated heterocycles. The molecule has 3 rings (SSSR count). The van der Waals surface area contributed by atoms with Crippen LogP contribution in [0.25, 0.3) is 0 Å². The first kappa shape index (κ1) is 22.2. The summed E-state index contributed by atoms with van der Waals surface area (Å²) in [4.78, 5) is 26.0. The van der Waals surface area contributed by atoms with Crippen LogP contribution in [0.15, 0.2) is 82.1 Å². The molecule has 3 aromatic carbocycles.